The minimum Gasteiger partial charge on any atom is -0.493 e. The van der Waals surface area contributed by atoms with Crippen molar-refractivity contribution in [3.05, 3.63) is 40.3 Å². The van der Waals surface area contributed by atoms with Gasteiger partial charge in [0.15, 0.2) is 17.1 Å². The van der Waals surface area contributed by atoms with E-state index >= 15 is 0 Å². The lowest BCUT2D eigenvalue weighted by atomic mass is 10.2. The number of hydrogen-bond donors (Lipinski definition) is 0. The summed E-state index contributed by atoms with van der Waals surface area (Å²) in [6.45, 7) is 4.04. The van der Waals surface area contributed by atoms with Gasteiger partial charge in [0.1, 0.15) is 11.0 Å². The average Bonchev–Trinajstić information content (AvgIpc) is 3.42. The van der Waals surface area contributed by atoms with Gasteiger partial charge in [-0.3, -0.25) is 4.79 Å². The van der Waals surface area contributed by atoms with E-state index in [1.165, 1.54) is 48.0 Å². The number of nitrogens with zero attached hydrogens (tertiary/aromatic N) is 4. The van der Waals surface area contributed by atoms with Gasteiger partial charge in [-0.15, -0.1) is 11.3 Å². The van der Waals surface area contributed by atoms with Crippen LogP contribution in [0.5, 0.6) is 11.5 Å². The first-order valence-corrected chi connectivity index (χ1v) is 10.7. The molecule has 0 radical (unpaired) electrons. The maximum atomic E-state index is 12.8. The van der Waals surface area contributed by atoms with Crippen molar-refractivity contribution in [3.8, 4) is 11.5 Å². The molecule has 0 aliphatic carbocycles. The van der Waals surface area contributed by atoms with Crippen LogP contribution in [0.3, 0.4) is 0 Å². The lowest BCUT2D eigenvalue weighted by molar-refractivity contribution is 0.254. The number of thiophene rings is 1. The van der Waals surface area contributed by atoms with Crippen LogP contribution >= 0.6 is 11.3 Å². The van der Waals surface area contributed by atoms with Crippen LogP contribution in [0.4, 0.5) is 0 Å². The summed E-state index contributed by atoms with van der Waals surface area (Å²) in [4.78, 5) is 24.4. The van der Waals surface area contributed by atoms with Gasteiger partial charge in [0.2, 0.25) is 0 Å². The van der Waals surface area contributed by atoms with E-state index < -0.39 is 0 Å². The Bertz CT molecular complexity index is 1240. The highest BCUT2D eigenvalue weighted by molar-refractivity contribution is 7.17. The third-order valence-corrected chi connectivity index (χ3v) is 6.31. The van der Waals surface area contributed by atoms with E-state index in [4.69, 9.17) is 14.5 Å². The summed E-state index contributed by atoms with van der Waals surface area (Å²) < 4.78 is 13.7. The number of rotatable bonds is 6. The SMILES string of the molecule is COc1cc2ncn3c(=O)c4sccc4nc3c2cc1OCCCN1CCCC1. The number of likely N-dealkylation sites (tertiary alicyclic amines) is 1. The van der Waals surface area contributed by atoms with Crippen LogP contribution in [0.1, 0.15) is 19.3 Å². The molecule has 7 nitrogen and oxygen atoms in total. The summed E-state index contributed by atoms with van der Waals surface area (Å²) in [6.07, 6.45) is 5.08. The minimum atomic E-state index is -0.0988. The molecule has 1 aromatic carbocycles. The Hall–Kier alpha value is -2.71. The first kappa shape index (κ1) is 18.3. The molecule has 1 aliphatic heterocycles. The lowest BCUT2D eigenvalue weighted by Crippen LogP contribution is -2.22. The molecule has 5 rings (SSSR count). The van der Waals surface area contributed by atoms with E-state index in [0.717, 1.165) is 18.4 Å². The van der Waals surface area contributed by atoms with Crippen molar-refractivity contribution < 1.29 is 9.47 Å². The van der Waals surface area contributed by atoms with Crippen LogP contribution in [0.15, 0.2) is 34.7 Å². The molecular formula is C21H22N4O3S. The molecule has 0 unspecified atom stereocenters. The third-order valence-electron chi connectivity index (χ3n) is 5.42. The second-order valence-corrected chi connectivity index (χ2v) is 8.18. The summed E-state index contributed by atoms with van der Waals surface area (Å²) in [5.74, 6) is 1.28. The van der Waals surface area contributed by atoms with Gasteiger partial charge < -0.3 is 14.4 Å². The van der Waals surface area contributed by atoms with Crippen molar-refractivity contribution in [3.63, 3.8) is 0 Å². The van der Waals surface area contributed by atoms with Crippen molar-refractivity contribution in [2.24, 2.45) is 0 Å². The predicted octanol–water partition coefficient (Wildman–Crippen LogP) is 3.33. The maximum absolute atomic E-state index is 12.8. The van der Waals surface area contributed by atoms with E-state index in [9.17, 15) is 4.79 Å². The van der Waals surface area contributed by atoms with Crippen LogP contribution < -0.4 is 15.0 Å². The van der Waals surface area contributed by atoms with Gasteiger partial charge >= 0.3 is 0 Å². The quantitative estimate of drug-likeness (QED) is 0.359. The largest absolute Gasteiger partial charge is 0.493 e. The van der Waals surface area contributed by atoms with Crippen LogP contribution in [-0.4, -0.2) is 52.6 Å². The number of methoxy groups -OCH3 is 1. The molecule has 0 atom stereocenters. The molecule has 4 aromatic rings. The summed E-state index contributed by atoms with van der Waals surface area (Å²) in [7, 11) is 1.62. The standard InChI is InChI=1S/C21H22N4O3S/c1-27-17-12-16-14(11-18(17)28-9-4-8-24-6-2-3-7-24)20-23-15-5-10-29-19(15)21(26)25(20)13-22-16/h5,10-13H,2-4,6-9H2,1H3. The zero-order chi connectivity index (χ0) is 19.8. The monoisotopic (exact) mass is 410 g/mol. The smallest absolute Gasteiger partial charge is 0.277 e. The molecule has 0 spiro atoms. The zero-order valence-electron chi connectivity index (χ0n) is 16.3. The number of hydrogen-bond acceptors (Lipinski definition) is 7. The van der Waals surface area contributed by atoms with Gasteiger partial charge in [-0.05, 0) is 49.9 Å². The fourth-order valence-electron chi connectivity index (χ4n) is 3.93. The van der Waals surface area contributed by atoms with Crippen molar-refractivity contribution in [1.29, 1.82) is 0 Å². The Balaban J connectivity index is 1.51. The number of ether oxygens (including phenoxy) is 2. The third kappa shape index (κ3) is 3.32. The molecule has 150 valence electrons. The molecule has 1 aliphatic rings. The number of aromatic nitrogens is 3. The molecule has 0 N–H and O–H groups in total. The molecule has 0 saturated carbocycles. The highest BCUT2D eigenvalue weighted by atomic mass is 32.1. The Morgan fingerprint density at radius 2 is 2.03 bits per heavy atom. The lowest BCUT2D eigenvalue weighted by Gasteiger charge is -2.16. The fraction of sp³-hybridized carbons (Fsp3) is 0.381. The first-order chi connectivity index (χ1) is 14.2. The number of fused-ring (bicyclic) bond motifs is 4. The summed E-state index contributed by atoms with van der Waals surface area (Å²) in [5, 5.41) is 2.65. The van der Waals surface area contributed by atoms with Crippen LogP contribution in [0.2, 0.25) is 0 Å². The fourth-order valence-corrected chi connectivity index (χ4v) is 4.69. The number of benzene rings is 1. The average molecular weight is 410 g/mol. The maximum Gasteiger partial charge on any atom is 0.277 e. The van der Waals surface area contributed by atoms with Gasteiger partial charge in [0, 0.05) is 18.0 Å². The highest BCUT2D eigenvalue weighted by Crippen LogP contribution is 2.33. The van der Waals surface area contributed by atoms with E-state index in [2.05, 4.69) is 9.88 Å². The van der Waals surface area contributed by atoms with E-state index in [1.807, 2.05) is 23.6 Å². The van der Waals surface area contributed by atoms with Crippen molar-refractivity contribution in [2.75, 3.05) is 33.4 Å². The van der Waals surface area contributed by atoms with E-state index in [0.29, 0.717) is 39.5 Å². The Kier molecular flexibility index (Phi) is 4.81. The molecule has 0 bridgehead atoms. The Morgan fingerprint density at radius 3 is 2.86 bits per heavy atom. The summed E-state index contributed by atoms with van der Waals surface area (Å²) in [5.41, 5.74) is 1.90. The van der Waals surface area contributed by atoms with Crippen LogP contribution in [0.25, 0.3) is 26.8 Å². The molecule has 4 heterocycles. The topological polar surface area (TPSA) is 69.0 Å². The van der Waals surface area contributed by atoms with Crippen molar-refractivity contribution in [2.45, 2.75) is 19.3 Å². The van der Waals surface area contributed by atoms with Gasteiger partial charge in [0.25, 0.3) is 5.56 Å². The Labute approximate surface area is 171 Å². The first-order valence-electron chi connectivity index (χ1n) is 9.86. The molecule has 3 aromatic heterocycles. The van der Waals surface area contributed by atoms with Crippen LogP contribution in [0, 0.1) is 0 Å². The zero-order valence-corrected chi connectivity index (χ0v) is 17.1. The van der Waals surface area contributed by atoms with Gasteiger partial charge in [-0.1, -0.05) is 0 Å². The van der Waals surface area contributed by atoms with E-state index in [1.54, 1.807) is 7.11 Å². The van der Waals surface area contributed by atoms with Crippen molar-refractivity contribution in [1.82, 2.24) is 19.3 Å². The van der Waals surface area contributed by atoms with Gasteiger partial charge in [-0.2, -0.15) is 0 Å². The molecule has 29 heavy (non-hydrogen) atoms. The summed E-state index contributed by atoms with van der Waals surface area (Å²) in [6, 6.07) is 5.60. The Morgan fingerprint density at radius 1 is 1.17 bits per heavy atom. The summed E-state index contributed by atoms with van der Waals surface area (Å²) >= 11 is 1.40. The predicted molar refractivity (Wildman–Crippen MR) is 114 cm³/mol. The second kappa shape index (κ2) is 7.61. The van der Waals surface area contributed by atoms with Gasteiger partial charge in [-0.25, -0.2) is 14.4 Å². The molecular weight excluding hydrogens is 388 g/mol. The van der Waals surface area contributed by atoms with Crippen molar-refractivity contribution >= 4 is 38.1 Å². The second-order valence-electron chi connectivity index (χ2n) is 7.26. The van der Waals surface area contributed by atoms with Crippen LogP contribution in [-0.2, 0) is 0 Å². The molecule has 8 heteroatoms. The van der Waals surface area contributed by atoms with E-state index in [-0.39, 0.29) is 5.56 Å². The van der Waals surface area contributed by atoms with Gasteiger partial charge in [0.05, 0.1) is 24.8 Å². The highest BCUT2D eigenvalue weighted by Gasteiger charge is 2.15. The normalized spacial score (nSPS) is 14.9. The molecule has 0 amide bonds. The molecule has 1 saturated heterocycles. The minimum absolute atomic E-state index is 0.0988. The molecule has 1 fully saturated rings.